The molecule has 1 atom stereocenters. The highest BCUT2D eigenvalue weighted by atomic mass is 16.2. The summed E-state index contributed by atoms with van der Waals surface area (Å²) in [6.07, 6.45) is 4.31. The lowest BCUT2D eigenvalue weighted by atomic mass is 10.1. The molecule has 1 fully saturated rings. The number of fused-ring (bicyclic) bond motifs is 1. The molecular weight excluding hydrogens is 342 g/mol. The smallest absolute Gasteiger partial charge is 0.225 e. The van der Waals surface area contributed by atoms with Gasteiger partial charge in [0, 0.05) is 44.9 Å². The fourth-order valence-corrected chi connectivity index (χ4v) is 3.38. The van der Waals surface area contributed by atoms with Crippen LogP contribution in [0.1, 0.15) is 17.8 Å². The van der Waals surface area contributed by atoms with Gasteiger partial charge in [0.15, 0.2) is 0 Å². The van der Waals surface area contributed by atoms with E-state index in [-0.39, 0.29) is 24.2 Å². The fourth-order valence-electron chi connectivity index (χ4n) is 3.38. The van der Waals surface area contributed by atoms with Gasteiger partial charge in [0.1, 0.15) is 5.82 Å². The standard InChI is InChI=1S/C20H21N5O2/c26-19-11-15(13-25(19)12-14-5-8-21-9-6-14)20(27)22-10-7-18-23-16-3-1-2-4-17(16)24-18/h1-6,8-9,15H,7,10-13H2,(H,22,27)(H,23,24)/t15-/m0/s1. The van der Waals surface area contributed by atoms with Crippen molar-refractivity contribution < 1.29 is 9.59 Å². The molecule has 0 bridgehead atoms. The number of imidazole rings is 1. The topological polar surface area (TPSA) is 91.0 Å². The Morgan fingerprint density at radius 3 is 2.85 bits per heavy atom. The molecule has 0 aliphatic carbocycles. The van der Waals surface area contributed by atoms with Crippen LogP contribution < -0.4 is 5.32 Å². The van der Waals surface area contributed by atoms with Crippen molar-refractivity contribution in [2.75, 3.05) is 13.1 Å². The number of benzene rings is 1. The highest BCUT2D eigenvalue weighted by Crippen LogP contribution is 2.20. The third-order valence-corrected chi connectivity index (χ3v) is 4.81. The van der Waals surface area contributed by atoms with Crippen LogP contribution in [0.4, 0.5) is 0 Å². The number of aromatic amines is 1. The second-order valence-electron chi connectivity index (χ2n) is 6.77. The Morgan fingerprint density at radius 2 is 2.04 bits per heavy atom. The SMILES string of the molecule is O=C(NCCc1nc2ccccc2[nH]1)[C@H]1CC(=O)N(Cc2ccncc2)C1. The molecule has 138 valence electrons. The van der Waals surface area contributed by atoms with Gasteiger partial charge in [-0.3, -0.25) is 14.6 Å². The van der Waals surface area contributed by atoms with Crippen molar-refractivity contribution in [3.63, 3.8) is 0 Å². The molecule has 3 aromatic rings. The zero-order chi connectivity index (χ0) is 18.6. The van der Waals surface area contributed by atoms with Crippen LogP contribution in [0.5, 0.6) is 0 Å². The van der Waals surface area contributed by atoms with Gasteiger partial charge in [-0.25, -0.2) is 4.98 Å². The molecule has 1 aliphatic heterocycles. The maximum atomic E-state index is 12.4. The molecule has 7 heteroatoms. The van der Waals surface area contributed by atoms with Crippen LogP contribution in [0.15, 0.2) is 48.8 Å². The van der Waals surface area contributed by atoms with Crippen LogP contribution in [0.2, 0.25) is 0 Å². The number of hydrogen-bond acceptors (Lipinski definition) is 4. The van der Waals surface area contributed by atoms with Gasteiger partial charge in [0.2, 0.25) is 11.8 Å². The molecule has 2 aromatic heterocycles. The van der Waals surface area contributed by atoms with Gasteiger partial charge in [-0.1, -0.05) is 12.1 Å². The van der Waals surface area contributed by atoms with Crippen molar-refractivity contribution in [1.82, 2.24) is 25.2 Å². The van der Waals surface area contributed by atoms with E-state index in [2.05, 4.69) is 20.3 Å². The summed E-state index contributed by atoms with van der Waals surface area (Å²) in [6, 6.07) is 11.6. The molecule has 1 saturated heterocycles. The number of nitrogens with one attached hydrogen (secondary N) is 2. The average molecular weight is 363 g/mol. The summed E-state index contributed by atoms with van der Waals surface area (Å²) < 4.78 is 0. The summed E-state index contributed by atoms with van der Waals surface area (Å²) in [5.41, 5.74) is 2.93. The minimum Gasteiger partial charge on any atom is -0.355 e. The van der Waals surface area contributed by atoms with Crippen LogP contribution in [0.25, 0.3) is 11.0 Å². The lowest BCUT2D eigenvalue weighted by molar-refractivity contribution is -0.129. The van der Waals surface area contributed by atoms with Crippen molar-refractivity contribution in [2.45, 2.75) is 19.4 Å². The predicted molar refractivity (Wildman–Crippen MR) is 101 cm³/mol. The Hall–Kier alpha value is -3.22. The zero-order valence-electron chi connectivity index (χ0n) is 14.9. The molecule has 0 radical (unpaired) electrons. The van der Waals surface area contributed by atoms with E-state index in [1.807, 2.05) is 36.4 Å². The van der Waals surface area contributed by atoms with E-state index in [1.165, 1.54) is 0 Å². The van der Waals surface area contributed by atoms with Crippen molar-refractivity contribution in [3.8, 4) is 0 Å². The molecule has 2 amide bonds. The Morgan fingerprint density at radius 1 is 1.22 bits per heavy atom. The fraction of sp³-hybridized carbons (Fsp3) is 0.300. The highest BCUT2D eigenvalue weighted by molar-refractivity contribution is 5.89. The van der Waals surface area contributed by atoms with E-state index < -0.39 is 0 Å². The van der Waals surface area contributed by atoms with Gasteiger partial charge >= 0.3 is 0 Å². The van der Waals surface area contributed by atoms with Gasteiger partial charge in [-0.2, -0.15) is 0 Å². The van der Waals surface area contributed by atoms with Crippen molar-refractivity contribution in [1.29, 1.82) is 0 Å². The second kappa shape index (κ2) is 7.57. The third-order valence-electron chi connectivity index (χ3n) is 4.81. The number of carbonyl (C=O) groups is 2. The summed E-state index contributed by atoms with van der Waals surface area (Å²) in [4.78, 5) is 38.1. The number of nitrogens with zero attached hydrogens (tertiary/aromatic N) is 3. The number of aromatic nitrogens is 3. The Bertz CT molecular complexity index is 920. The van der Waals surface area contributed by atoms with E-state index in [1.54, 1.807) is 17.3 Å². The molecule has 1 aliphatic rings. The quantitative estimate of drug-likeness (QED) is 0.697. The first-order valence-corrected chi connectivity index (χ1v) is 9.07. The summed E-state index contributed by atoms with van der Waals surface area (Å²) in [5.74, 6) is 0.495. The summed E-state index contributed by atoms with van der Waals surface area (Å²) in [6.45, 7) is 1.47. The molecule has 27 heavy (non-hydrogen) atoms. The maximum absolute atomic E-state index is 12.4. The Kier molecular flexibility index (Phi) is 4.82. The largest absolute Gasteiger partial charge is 0.355 e. The highest BCUT2D eigenvalue weighted by Gasteiger charge is 2.34. The Balaban J connectivity index is 1.27. The van der Waals surface area contributed by atoms with Gasteiger partial charge in [-0.15, -0.1) is 0 Å². The normalized spacial score (nSPS) is 16.8. The van der Waals surface area contributed by atoms with Gasteiger partial charge in [0.25, 0.3) is 0 Å². The predicted octanol–water partition coefficient (Wildman–Crippen LogP) is 1.67. The molecule has 1 aromatic carbocycles. The summed E-state index contributed by atoms with van der Waals surface area (Å²) in [7, 11) is 0. The number of rotatable bonds is 6. The number of H-pyrrole nitrogens is 1. The molecular formula is C20H21N5O2. The van der Waals surface area contributed by atoms with Crippen molar-refractivity contribution in [3.05, 3.63) is 60.2 Å². The molecule has 2 N–H and O–H groups in total. The second-order valence-corrected chi connectivity index (χ2v) is 6.77. The van der Waals surface area contributed by atoms with Crippen molar-refractivity contribution in [2.24, 2.45) is 5.92 Å². The molecule has 4 rings (SSSR count). The number of hydrogen-bond donors (Lipinski definition) is 2. The van der Waals surface area contributed by atoms with E-state index in [4.69, 9.17) is 0 Å². The van der Waals surface area contributed by atoms with Gasteiger partial charge in [-0.05, 0) is 29.8 Å². The number of carbonyl (C=O) groups excluding carboxylic acids is 2. The molecule has 0 spiro atoms. The minimum atomic E-state index is -0.296. The first kappa shape index (κ1) is 17.2. The average Bonchev–Trinajstić information content (AvgIpc) is 3.26. The number of para-hydroxylation sites is 2. The molecule has 0 saturated carbocycles. The van der Waals surface area contributed by atoms with Crippen LogP contribution in [-0.2, 0) is 22.6 Å². The van der Waals surface area contributed by atoms with Gasteiger partial charge < -0.3 is 15.2 Å². The van der Waals surface area contributed by atoms with E-state index >= 15 is 0 Å². The molecule has 7 nitrogen and oxygen atoms in total. The molecule has 3 heterocycles. The lowest BCUT2D eigenvalue weighted by Gasteiger charge is -2.16. The van der Waals surface area contributed by atoms with Crippen LogP contribution in [-0.4, -0.2) is 44.8 Å². The lowest BCUT2D eigenvalue weighted by Crippen LogP contribution is -2.34. The van der Waals surface area contributed by atoms with Crippen LogP contribution in [0.3, 0.4) is 0 Å². The minimum absolute atomic E-state index is 0.0178. The maximum Gasteiger partial charge on any atom is 0.225 e. The summed E-state index contributed by atoms with van der Waals surface area (Å²) in [5, 5.41) is 2.93. The summed E-state index contributed by atoms with van der Waals surface area (Å²) >= 11 is 0. The third kappa shape index (κ3) is 3.97. The monoisotopic (exact) mass is 363 g/mol. The van der Waals surface area contributed by atoms with Crippen LogP contribution >= 0.6 is 0 Å². The molecule has 0 unspecified atom stereocenters. The Labute approximate surface area is 156 Å². The zero-order valence-corrected chi connectivity index (χ0v) is 14.9. The van der Waals surface area contributed by atoms with E-state index in [0.717, 1.165) is 22.4 Å². The van der Waals surface area contributed by atoms with E-state index in [9.17, 15) is 9.59 Å². The van der Waals surface area contributed by atoms with Crippen molar-refractivity contribution >= 4 is 22.8 Å². The number of amides is 2. The number of pyridine rings is 1. The van der Waals surface area contributed by atoms with Gasteiger partial charge in [0.05, 0.1) is 17.0 Å². The number of likely N-dealkylation sites (tertiary alicyclic amines) is 1. The van der Waals surface area contributed by atoms with E-state index in [0.29, 0.717) is 26.1 Å². The first-order valence-electron chi connectivity index (χ1n) is 9.07. The first-order chi connectivity index (χ1) is 13.2. The van der Waals surface area contributed by atoms with Crippen LogP contribution in [0, 0.1) is 5.92 Å².